The van der Waals surface area contributed by atoms with Crippen LogP contribution in [0, 0.1) is 5.92 Å². The zero-order chi connectivity index (χ0) is 22.7. The molecule has 1 saturated heterocycles. The first-order chi connectivity index (χ1) is 15.5. The Hall–Kier alpha value is -2.40. The number of unbranched alkanes of at least 4 members (excludes halogenated alkanes) is 1. The van der Waals surface area contributed by atoms with Crippen LogP contribution in [-0.2, 0) is 17.6 Å². The minimum absolute atomic E-state index is 0.0868. The number of fused-ring (bicyclic) bond motifs is 1. The van der Waals surface area contributed by atoms with Crippen LogP contribution in [0.3, 0.4) is 0 Å². The van der Waals surface area contributed by atoms with Crippen LogP contribution in [0.25, 0.3) is 0 Å². The number of anilines is 2. The number of carbonyl (C=O) groups is 1. The summed E-state index contributed by atoms with van der Waals surface area (Å²) >= 11 is 0. The number of nitrogens with two attached hydrogens (primary N) is 1. The van der Waals surface area contributed by atoms with Crippen LogP contribution in [0.15, 0.2) is 36.5 Å². The Morgan fingerprint density at radius 1 is 1.22 bits per heavy atom. The lowest BCUT2D eigenvalue weighted by atomic mass is 9.82. The van der Waals surface area contributed by atoms with Crippen molar-refractivity contribution in [2.24, 2.45) is 5.92 Å². The SMILES string of the molecule is CCCCC(c1cccc2c1CC(Cc1cc(N)ccn1)C(=O)N2)N1C(C)CCCC1C. The van der Waals surface area contributed by atoms with Crippen molar-refractivity contribution in [1.82, 2.24) is 9.88 Å². The Kier molecular flexibility index (Phi) is 7.14. The predicted molar refractivity (Wildman–Crippen MR) is 131 cm³/mol. The van der Waals surface area contributed by atoms with Gasteiger partial charge in [0.1, 0.15) is 0 Å². The van der Waals surface area contributed by atoms with Crippen molar-refractivity contribution in [3.05, 3.63) is 53.3 Å². The van der Waals surface area contributed by atoms with E-state index in [0.29, 0.717) is 30.2 Å². The number of hydrogen-bond donors (Lipinski definition) is 2. The van der Waals surface area contributed by atoms with Crippen LogP contribution in [0.5, 0.6) is 0 Å². The van der Waals surface area contributed by atoms with Crippen LogP contribution >= 0.6 is 0 Å². The van der Waals surface area contributed by atoms with Gasteiger partial charge in [-0.15, -0.1) is 0 Å². The highest BCUT2D eigenvalue weighted by atomic mass is 16.1. The average molecular weight is 435 g/mol. The molecule has 1 aromatic heterocycles. The standard InChI is InChI=1S/C27H38N4O/c1-4-5-12-26(31-18(2)8-6-9-19(31)3)23-10-7-11-25-24(23)16-20(27(32)30-25)15-22-17-21(28)13-14-29-22/h7,10-11,13-14,17-20,26H,4-6,8-9,12,15-16H2,1-3H3,(H2,28,29)(H,30,32). The lowest BCUT2D eigenvalue weighted by Gasteiger charge is -2.45. The van der Waals surface area contributed by atoms with Crippen molar-refractivity contribution in [2.45, 2.75) is 90.3 Å². The zero-order valence-corrected chi connectivity index (χ0v) is 19.8. The first kappa shape index (κ1) is 22.8. The number of rotatable bonds is 7. The summed E-state index contributed by atoms with van der Waals surface area (Å²) in [5.74, 6) is -0.0373. The molecule has 0 aliphatic carbocycles. The number of benzene rings is 1. The quantitative estimate of drug-likeness (QED) is 0.603. The average Bonchev–Trinajstić information content (AvgIpc) is 2.76. The van der Waals surface area contributed by atoms with Gasteiger partial charge in [0.15, 0.2) is 0 Å². The summed E-state index contributed by atoms with van der Waals surface area (Å²) in [4.78, 5) is 20.1. The molecule has 32 heavy (non-hydrogen) atoms. The molecule has 172 valence electrons. The van der Waals surface area contributed by atoms with E-state index in [2.05, 4.69) is 54.2 Å². The van der Waals surface area contributed by atoms with Crippen molar-refractivity contribution in [3.63, 3.8) is 0 Å². The van der Waals surface area contributed by atoms with E-state index < -0.39 is 0 Å². The van der Waals surface area contributed by atoms with Gasteiger partial charge in [0.25, 0.3) is 0 Å². The predicted octanol–water partition coefficient (Wildman–Crippen LogP) is 5.51. The summed E-state index contributed by atoms with van der Waals surface area (Å²) in [5, 5.41) is 3.21. The van der Waals surface area contributed by atoms with Gasteiger partial charge in [0, 0.05) is 53.7 Å². The molecule has 2 aliphatic rings. The summed E-state index contributed by atoms with van der Waals surface area (Å²) in [6.07, 6.45) is 10.5. The van der Waals surface area contributed by atoms with Crippen molar-refractivity contribution < 1.29 is 4.79 Å². The van der Waals surface area contributed by atoms with E-state index in [9.17, 15) is 4.79 Å². The molecular formula is C27H38N4O. The highest BCUT2D eigenvalue weighted by molar-refractivity contribution is 5.96. The molecule has 2 aromatic rings. The monoisotopic (exact) mass is 434 g/mol. The Bertz CT molecular complexity index is 933. The maximum atomic E-state index is 12.9. The van der Waals surface area contributed by atoms with Gasteiger partial charge in [0.05, 0.1) is 0 Å². The third-order valence-corrected chi connectivity index (χ3v) is 7.40. The van der Waals surface area contributed by atoms with Crippen LogP contribution in [0.2, 0.25) is 0 Å². The number of nitrogen functional groups attached to an aromatic ring is 1. The zero-order valence-electron chi connectivity index (χ0n) is 19.8. The third-order valence-electron chi connectivity index (χ3n) is 7.40. The van der Waals surface area contributed by atoms with E-state index in [1.165, 1.54) is 43.2 Å². The molecule has 1 amide bonds. The van der Waals surface area contributed by atoms with E-state index in [1.807, 2.05) is 6.07 Å². The summed E-state index contributed by atoms with van der Waals surface area (Å²) in [5.41, 5.74) is 11.2. The second kappa shape index (κ2) is 10.0. The fourth-order valence-corrected chi connectivity index (χ4v) is 5.78. The molecular weight excluding hydrogens is 396 g/mol. The van der Waals surface area contributed by atoms with Crippen molar-refractivity contribution in [2.75, 3.05) is 11.1 Å². The molecule has 4 rings (SSSR count). The van der Waals surface area contributed by atoms with E-state index in [-0.39, 0.29) is 11.8 Å². The van der Waals surface area contributed by atoms with Gasteiger partial charge in [-0.3, -0.25) is 14.7 Å². The maximum Gasteiger partial charge on any atom is 0.228 e. The van der Waals surface area contributed by atoms with Crippen LogP contribution in [-0.4, -0.2) is 27.9 Å². The van der Waals surface area contributed by atoms with Gasteiger partial charge in [-0.05, 0) is 68.9 Å². The van der Waals surface area contributed by atoms with Crippen molar-refractivity contribution in [1.29, 1.82) is 0 Å². The number of carbonyl (C=O) groups excluding carboxylic acids is 1. The van der Waals surface area contributed by atoms with E-state index in [4.69, 9.17) is 5.73 Å². The Morgan fingerprint density at radius 3 is 2.72 bits per heavy atom. The number of nitrogens with zero attached hydrogens (tertiary/aromatic N) is 2. The van der Waals surface area contributed by atoms with Gasteiger partial charge >= 0.3 is 0 Å². The number of nitrogens with one attached hydrogen (secondary N) is 1. The molecule has 1 aromatic carbocycles. The van der Waals surface area contributed by atoms with Crippen molar-refractivity contribution in [3.8, 4) is 0 Å². The second-order valence-corrected chi connectivity index (χ2v) is 9.78. The Labute approximate surface area is 192 Å². The number of hydrogen-bond acceptors (Lipinski definition) is 4. The van der Waals surface area contributed by atoms with Gasteiger partial charge < -0.3 is 11.1 Å². The van der Waals surface area contributed by atoms with Gasteiger partial charge in [-0.1, -0.05) is 38.3 Å². The van der Waals surface area contributed by atoms with E-state index >= 15 is 0 Å². The Morgan fingerprint density at radius 2 is 2.00 bits per heavy atom. The molecule has 3 N–H and O–H groups in total. The summed E-state index contributed by atoms with van der Waals surface area (Å²) < 4.78 is 0. The smallest absolute Gasteiger partial charge is 0.228 e. The maximum absolute atomic E-state index is 12.9. The molecule has 4 atom stereocenters. The largest absolute Gasteiger partial charge is 0.399 e. The third kappa shape index (κ3) is 4.83. The first-order valence-electron chi connectivity index (χ1n) is 12.4. The summed E-state index contributed by atoms with van der Waals surface area (Å²) in [6.45, 7) is 7.05. The minimum Gasteiger partial charge on any atom is -0.399 e. The topological polar surface area (TPSA) is 71.2 Å². The fraction of sp³-hybridized carbons (Fsp3) is 0.556. The minimum atomic E-state index is -0.124. The number of amides is 1. The van der Waals surface area contributed by atoms with E-state index in [0.717, 1.165) is 24.2 Å². The lowest BCUT2D eigenvalue weighted by molar-refractivity contribution is -0.120. The van der Waals surface area contributed by atoms with Gasteiger partial charge in [0.2, 0.25) is 5.91 Å². The molecule has 0 radical (unpaired) electrons. The molecule has 3 heterocycles. The second-order valence-electron chi connectivity index (χ2n) is 9.78. The number of likely N-dealkylation sites (tertiary alicyclic amines) is 1. The molecule has 0 saturated carbocycles. The molecule has 5 nitrogen and oxygen atoms in total. The fourth-order valence-electron chi connectivity index (χ4n) is 5.78. The lowest BCUT2D eigenvalue weighted by Crippen LogP contribution is -2.46. The normalized spacial score (nSPS) is 24.6. The van der Waals surface area contributed by atoms with Crippen LogP contribution in [0.1, 0.15) is 82.2 Å². The summed E-state index contributed by atoms with van der Waals surface area (Å²) in [6, 6.07) is 11.7. The number of pyridine rings is 1. The molecule has 0 spiro atoms. The molecule has 5 heteroatoms. The van der Waals surface area contributed by atoms with Gasteiger partial charge in [-0.2, -0.15) is 0 Å². The molecule has 2 aliphatic heterocycles. The van der Waals surface area contributed by atoms with Crippen LogP contribution < -0.4 is 11.1 Å². The Balaban J connectivity index is 1.66. The highest BCUT2D eigenvalue weighted by Gasteiger charge is 2.35. The molecule has 0 bridgehead atoms. The van der Waals surface area contributed by atoms with Crippen molar-refractivity contribution >= 4 is 17.3 Å². The molecule has 1 fully saturated rings. The number of piperidine rings is 1. The molecule has 4 unspecified atom stereocenters. The highest BCUT2D eigenvalue weighted by Crippen LogP contribution is 2.40. The van der Waals surface area contributed by atoms with E-state index in [1.54, 1.807) is 12.3 Å². The summed E-state index contributed by atoms with van der Waals surface area (Å²) in [7, 11) is 0. The number of aromatic nitrogens is 1. The first-order valence-corrected chi connectivity index (χ1v) is 12.4. The van der Waals surface area contributed by atoms with Gasteiger partial charge in [-0.25, -0.2) is 0 Å². The van der Waals surface area contributed by atoms with Crippen LogP contribution in [0.4, 0.5) is 11.4 Å².